The van der Waals surface area contributed by atoms with Crippen molar-refractivity contribution in [2.75, 3.05) is 19.8 Å². The third-order valence-electron chi connectivity index (χ3n) is 3.16. The van der Waals surface area contributed by atoms with Crippen LogP contribution in [0.15, 0.2) is 12.1 Å². The van der Waals surface area contributed by atoms with E-state index in [-0.39, 0.29) is 11.6 Å². The number of carbonyl (C=O) groups is 1. The fourth-order valence-electron chi connectivity index (χ4n) is 2.04. The second-order valence-electron chi connectivity index (χ2n) is 4.71. The molecular weight excluding hydrogens is 289 g/mol. The van der Waals surface area contributed by atoms with Crippen molar-refractivity contribution in [3.63, 3.8) is 0 Å². The molecule has 0 aromatic heterocycles. The van der Waals surface area contributed by atoms with Crippen molar-refractivity contribution >= 4 is 6.03 Å². The third-order valence-corrected chi connectivity index (χ3v) is 3.16. The zero-order valence-electron chi connectivity index (χ0n) is 11.0. The summed E-state index contributed by atoms with van der Waals surface area (Å²) in [6.45, 7) is 0.346. The van der Waals surface area contributed by atoms with Gasteiger partial charge < -0.3 is 20.5 Å². The molecule has 3 N–H and O–H groups in total. The summed E-state index contributed by atoms with van der Waals surface area (Å²) >= 11 is 0. The smallest absolute Gasteiger partial charge is 0.315 e. The molecule has 1 aliphatic heterocycles. The summed E-state index contributed by atoms with van der Waals surface area (Å²) in [5.74, 6) is -4.35. The summed E-state index contributed by atoms with van der Waals surface area (Å²) in [6.07, 6.45) is 0.664. The molecule has 1 fully saturated rings. The maximum atomic E-state index is 13.2. The first-order chi connectivity index (χ1) is 10.0. The molecule has 0 bridgehead atoms. The van der Waals surface area contributed by atoms with E-state index < -0.39 is 36.1 Å². The van der Waals surface area contributed by atoms with E-state index in [9.17, 15) is 23.1 Å². The van der Waals surface area contributed by atoms with Gasteiger partial charge in [-0.15, -0.1) is 0 Å². The molecule has 8 heteroatoms. The van der Waals surface area contributed by atoms with E-state index in [0.717, 1.165) is 12.1 Å². The molecule has 2 atom stereocenters. The molecule has 1 heterocycles. The molecule has 1 aromatic carbocycles. The van der Waals surface area contributed by atoms with Crippen LogP contribution in [-0.2, 0) is 4.74 Å². The second-order valence-corrected chi connectivity index (χ2v) is 4.71. The summed E-state index contributed by atoms with van der Waals surface area (Å²) in [5.41, 5.74) is -0.0632. The van der Waals surface area contributed by atoms with Gasteiger partial charge in [0, 0.05) is 6.61 Å². The predicted molar refractivity (Wildman–Crippen MR) is 67.0 cm³/mol. The molecule has 2 rings (SSSR count). The van der Waals surface area contributed by atoms with Crippen LogP contribution in [0.4, 0.5) is 18.0 Å². The maximum Gasteiger partial charge on any atom is 0.315 e. The van der Waals surface area contributed by atoms with Crippen LogP contribution in [0.1, 0.15) is 18.0 Å². The molecule has 21 heavy (non-hydrogen) atoms. The Bertz CT molecular complexity index is 498. The highest BCUT2D eigenvalue weighted by molar-refractivity contribution is 5.74. The molecule has 1 aliphatic rings. The van der Waals surface area contributed by atoms with Gasteiger partial charge >= 0.3 is 6.03 Å². The fraction of sp³-hybridized carbons (Fsp3) is 0.462. The summed E-state index contributed by atoms with van der Waals surface area (Å²) in [7, 11) is 0. The number of ether oxygens (including phenoxy) is 1. The van der Waals surface area contributed by atoms with E-state index in [1.807, 2.05) is 0 Å². The summed E-state index contributed by atoms with van der Waals surface area (Å²) in [5, 5.41) is 14.2. The number of urea groups is 1. The zero-order valence-corrected chi connectivity index (χ0v) is 11.0. The van der Waals surface area contributed by atoms with Crippen molar-refractivity contribution < 1.29 is 27.8 Å². The minimum atomic E-state index is -1.59. The zero-order chi connectivity index (χ0) is 15.4. The number of aliphatic hydroxyl groups is 1. The minimum Gasteiger partial charge on any atom is -0.394 e. The van der Waals surface area contributed by atoms with Gasteiger partial charge in [0.15, 0.2) is 17.5 Å². The lowest BCUT2D eigenvalue weighted by molar-refractivity contribution is 0.186. The van der Waals surface area contributed by atoms with Gasteiger partial charge in [-0.25, -0.2) is 18.0 Å². The molecule has 0 saturated carbocycles. The average molecular weight is 304 g/mol. The normalized spacial score (nSPS) is 19.3. The van der Waals surface area contributed by atoms with Crippen LogP contribution in [0.2, 0.25) is 0 Å². The number of amides is 2. The first kappa shape index (κ1) is 15.6. The SMILES string of the molecule is O=C(NC1CCOC1)NC(CO)c1cc(F)c(F)c(F)c1. The number of benzene rings is 1. The van der Waals surface area contributed by atoms with E-state index in [1.54, 1.807) is 0 Å². The summed E-state index contributed by atoms with van der Waals surface area (Å²) in [6, 6.07) is -0.325. The topological polar surface area (TPSA) is 70.6 Å². The predicted octanol–water partition coefficient (Wildman–Crippen LogP) is 1.23. The standard InChI is InChI=1S/C13H15F3N2O3/c14-9-3-7(4-10(15)12(9)16)11(5-19)18-13(20)17-8-1-2-21-6-8/h3-4,8,11,19H,1-2,5-6H2,(H2,17,18,20). The van der Waals surface area contributed by atoms with Gasteiger partial charge in [-0.2, -0.15) is 0 Å². The Hall–Kier alpha value is -1.80. The van der Waals surface area contributed by atoms with E-state index in [1.165, 1.54) is 0 Å². The molecule has 1 saturated heterocycles. The highest BCUT2D eigenvalue weighted by atomic mass is 19.2. The third kappa shape index (κ3) is 3.85. The Labute approximate surface area is 119 Å². The van der Waals surface area contributed by atoms with Crippen molar-refractivity contribution in [1.82, 2.24) is 10.6 Å². The Balaban J connectivity index is 2.03. The van der Waals surface area contributed by atoms with Gasteiger partial charge in [-0.1, -0.05) is 0 Å². The van der Waals surface area contributed by atoms with Gasteiger partial charge in [0.05, 0.1) is 25.3 Å². The van der Waals surface area contributed by atoms with Crippen molar-refractivity contribution in [2.45, 2.75) is 18.5 Å². The molecule has 2 unspecified atom stereocenters. The molecule has 2 amide bonds. The highest BCUT2D eigenvalue weighted by Crippen LogP contribution is 2.19. The van der Waals surface area contributed by atoms with Gasteiger partial charge in [-0.3, -0.25) is 0 Å². The lowest BCUT2D eigenvalue weighted by Crippen LogP contribution is -2.44. The highest BCUT2D eigenvalue weighted by Gasteiger charge is 2.21. The van der Waals surface area contributed by atoms with Crippen LogP contribution in [0.25, 0.3) is 0 Å². The van der Waals surface area contributed by atoms with Crippen LogP contribution in [0.5, 0.6) is 0 Å². The first-order valence-corrected chi connectivity index (χ1v) is 6.41. The number of aliphatic hydroxyl groups excluding tert-OH is 1. The van der Waals surface area contributed by atoms with Gasteiger partial charge in [0.2, 0.25) is 0 Å². The molecule has 0 radical (unpaired) electrons. The monoisotopic (exact) mass is 304 g/mol. The van der Waals surface area contributed by atoms with Crippen LogP contribution < -0.4 is 10.6 Å². The number of nitrogens with one attached hydrogen (secondary N) is 2. The Morgan fingerprint density at radius 2 is 2.05 bits per heavy atom. The van der Waals surface area contributed by atoms with Gasteiger partial charge in [0.1, 0.15) is 0 Å². The average Bonchev–Trinajstić information content (AvgIpc) is 2.94. The minimum absolute atomic E-state index is 0.0632. The van der Waals surface area contributed by atoms with Crippen LogP contribution in [0.3, 0.4) is 0 Å². The van der Waals surface area contributed by atoms with Crippen molar-refractivity contribution in [2.24, 2.45) is 0 Å². The van der Waals surface area contributed by atoms with Gasteiger partial charge in [0.25, 0.3) is 0 Å². The summed E-state index contributed by atoms with van der Waals surface area (Å²) in [4.78, 5) is 11.7. The van der Waals surface area contributed by atoms with E-state index in [2.05, 4.69) is 10.6 Å². The number of hydrogen-bond acceptors (Lipinski definition) is 3. The Kier molecular flexibility index (Phi) is 5.03. The number of halogens is 3. The van der Waals surface area contributed by atoms with Crippen molar-refractivity contribution in [1.29, 1.82) is 0 Å². The number of rotatable bonds is 4. The van der Waals surface area contributed by atoms with Crippen LogP contribution >= 0.6 is 0 Å². The Morgan fingerprint density at radius 1 is 1.38 bits per heavy atom. The van der Waals surface area contributed by atoms with Crippen LogP contribution in [-0.4, -0.2) is 37.0 Å². The number of hydrogen-bond donors (Lipinski definition) is 3. The number of carbonyl (C=O) groups excluding carboxylic acids is 1. The molecule has 116 valence electrons. The quantitative estimate of drug-likeness (QED) is 0.733. The lowest BCUT2D eigenvalue weighted by atomic mass is 10.1. The molecule has 0 aliphatic carbocycles. The van der Waals surface area contributed by atoms with Crippen molar-refractivity contribution in [3.05, 3.63) is 35.1 Å². The molecule has 5 nitrogen and oxygen atoms in total. The van der Waals surface area contributed by atoms with Crippen molar-refractivity contribution in [3.8, 4) is 0 Å². The van der Waals surface area contributed by atoms with E-state index >= 15 is 0 Å². The first-order valence-electron chi connectivity index (χ1n) is 6.41. The molecular formula is C13H15F3N2O3. The second kappa shape index (κ2) is 6.77. The lowest BCUT2D eigenvalue weighted by Gasteiger charge is -2.19. The Morgan fingerprint density at radius 3 is 2.57 bits per heavy atom. The van der Waals surface area contributed by atoms with Gasteiger partial charge in [-0.05, 0) is 24.1 Å². The van der Waals surface area contributed by atoms with Crippen LogP contribution in [0, 0.1) is 17.5 Å². The summed E-state index contributed by atoms with van der Waals surface area (Å²) < 4.78 is 44.3. The largest absolute Gasteiger partial charge is 0.394 e. The van der Waals surface area contributed by atoms with E-state index in [0.29, 0.717) is 19.6 Å². The maximum absolute atomic E-state index is 13.2. The molecule has 0 spiro atoms. The van der Waals surface area contributed by atoms with E-state index in [4.69, 9.17) is 4.74 Å². The molecule has 1 aromatic rings. The fourth-order valence-corrected chi connectivity index (χ4v) is 2.04.